The zero-order chi connectivity index (χ0) is 15.5. The van der Waals surface area contributed by atoms with Gasteiger partial charge in [-0.05, 0) is 26.0 Å². The van der Waals surface area contributed by atoms with E-state index in [2.05, 4.69) is 15.5 Å². The highest BCUT2D eigenvalue weighted by Crippen LogP contribution is 2.25. The molecule has 7 nitrogen and oxygen atoms in total. The van der Waals surface area contributed by atoms with Gasteiger partial charge in [-0.15, -0.1) is 10.2 Å². The molecule has 1 aliphatic heterocycles. The molecule has 10 heteroatoms. The molecule has 1 aliphatic rings. The number of hydrogen-bond donors (Lipinski definition) is 1. The molecule has 21 heavy (non-hydrogen) atoms. The molecule has 2 heterocycles. The summed E-state index contributed by atoms with van der Waals surface area (Å²) in [5, 5.41) is 11.1. The van der Waals surface area contributed by atoms with Crippen molar-refractivity contribution in [2.24, 2.45) is 5.92 Å². The van der Waals surface area contributed by atoms with Crippen LogP contribution in [0.3, 0.4) is 0 Å². The minimum Gasteiger partial charge on any atom is -0.300 e. The molecule has 1 aromatic rings. The fourth-order valence-corrected chi connectivity index (χ4v) is 4.43. The fraction of sp³-hybridized carbons (Fsp3) is 0.727. The normalized spacial score (nSPS) is 17.8. The lowest BCUT2D eigenvalue weighted by Crippen LogP contribution is -2.42. The van der Waals surface area contributed by atoms with Crippen molar-refractivity contribution in [1.29, 1.82) is 0 Å². The summed E-state index contributed by atoms with van der Waals surface area (Å²) in [4.78, 5) is 12.1. The number of nitrogens with one attached hydrogen (secondary N) is 1. The molecular weight excluding hydrogens is 332 g/mol. The zero-order valence-electron chi connectivity index (χ0n) is 11.9. The van der Waals surface area contributed by atoms with Crippen LogP contribution in [0.25, 0.3) is 0 Å². The molecule has 0 aliphatic carbocycles. The number of aromatic nitrogens is 2. The second-order valence-corrected chi connectivity index (χ2v) is 8.93. The summed E-state index contributed by atoms with van der Waals surface area (Å²) >= 11 is 2.81. The van der Waals surface area contributed by atoms with Crippen molar-refractivity contribution in [2.45, 2.75) is 24.1 Å². The lowest BCUT2D eigenvalue weighted by molar-refractivity contribution is -0.120. The van der Waals surface area contributed by atoms with Gasteiger partial charge in [0.05, 0.1) is 5.75 Å². The zero-order valence-corrected chi connectivity index (χ0v) is 14.4. The monoisotopic (exact) mass is 350 g/mol. The Morgan fingerprint density at radius 3 is 2.62 bits per heavy atom. The molecule has 2 rings (SSSR count). The molecule has 1 fully saturated rings. The minimum atomic E-state index is -3.15. The van der Waals surface area contributed by atoms with Crippen molar-refractivity contribution in [3.63, 3.8) is 0 Å². The predicted molar refractivity (Wildman–Crippen MR) is 84.1 cm³/mol. The van der Waals surface area contributed by atoms with Gasteiger partial charge in [-0.3, -0.25) is 4.79 Å². The molecule has 1 amide bonds. The van der Waals surface area contributed by atoms with Gasteiger partial charge in [-0.1, -0.05) is 23.1 Å². The Labute approximate surface area is 132 Å². The molecule has 0 bridgehead atoms. The highest BCUT2D eigenvalue weighted by Gasteiger charge is 2.30. The van der Waals surface area contributed by atoms with Gasteiger partial charge in [-0.2, -0.15) is 0 Å². The first-order valence-electron chi connectivity index (χ1n) is 6.62. The number of sulfonamides is 1. The lowest BCUT2D eigenvalue weighted by Gasteiger charge is -2.29. The van der Waals surface area contributed by atoms with Gasteiger partial charge in [0.2, 0.25) is 21.1 Å². The van der Waals surface area contributed by atoms with E-state index in [9.17, 15) is 13.2 Å². The molecule has 1 N–H and O–H groups in total. The van der Waals surface area contributed by atoms with E-state index in [1.165, 1.54) is 27.4 Å². The van der Waals surface area contributed by atoms with Crippen LogP contribution in [0.15, 0.2) is 4.34 Å². The van der Waals surface area contributed by atoms with Crippen LogP contribution >= 0.6 is 23.1 Å². The molecule has 0 aromatic carbocycles. The largest absolute Gasteiger partial charge is 0.300 e. The Morgan fingerprint density at radius 1 is 1.43 bits per heavy atom. The van der Waals surface area contributed by atoms with Gasteiger partial charge in [-0.25, -0.2) is 12.7 Å². The number of carbonyl (C=O) groups excluding carboxylic acids is 1. The van der Waals surface area contributed by atoms with Gasteiger partial charge in [0.15, 0.2) is 4.34 Å². The van der Waals surface area contributed by atoms with E-state index in [0.717, 1.165) is 4.34 Å². The van der Waals surface area contributed by atoms with E-state index < -0.39 is 10.0 Å². The molecule has 0 saturated carbocycles. The molecule has 0 radical (unpaired) electrons. The van der Waals surface area contributed by atoms with Crippen LogP contribution in [0.2, 0.25) is 0 Å². The third kappa shape index (κ3) is 4.15. The maximum absolute atomic E-state index is 12.1. The standard InChI is InChI=1S/C11H18N4O3S3/c1-3-21(17,18)15-6-4-8(5-7-15)9(16)12-10-13-14-11(19-2)20-10/h8H,3-7H2,1-2H3,(H,12,13,16). The molecule has 0 atom stereocenters. The van der Waals surface area contributed by atoms with Crippen LogP contribution in [0.4, 0.5) is 5.13 Å². The second kappa shape index (κ2) is 7.03. The van der Waals surface area contributed by atoms with Gasteiger partial charge < -0.3 is 5.32 Å². The Kier molecular flexibility index (Phi) is 5.58. The molecule has 1 saturated heterocycles. The smallest absolute Gasteiger partial charge is 0.229 e. The Balaban J connectivity index is 1.88. The molecule has 0 spiro atoms. The number of hydrogen-bond acceptors (Lipinski definition) is 7. The first-order valence-corrected chi connectivity index (χ1v) is 10.3. The minimum absolute atomic E-state index is 0.103. The van der Waals surface area contributed by atoms with Crippen molar-refractivity contribution in [1.82, 2.24) is 14.5 Å². The van der Waals surface area contributed by atoms with Crippen LogP contribution in [0, 0.1) is 5.92 Å². The highest BCUT2D eigenvalue weighted by molar-refractivity contribution is 8.00. The van der Waals surface area contributed by atoms with E-state index in [-0.39, 0.29) is 17.6 Å². The maximum Gasteiger partial charge on any atom is 0.229 e. The number of carbonyl (C=O) groups is 1. The summed E-state index contributed by atoms with van der Waals surface area (Å²) < 4.78 is 25.8. The Hall–Kier alpha value is -0.710. The first-order chi connectivity index (χ1) is 9.96. The van der Waals surface area contributed by atoms with Crippen LogP contribution in [-0.4, -0.2) is 53.9 Å². The van der Waals surface area contributed by atoms with E-state index >= 15 is 0 Å². The van der Waals surface area contributed by atoms with Gasteiger partial charge in [0.1, 0.15) is 0 Å². The third-order valence-electron chi connectivity index (χ3n) is 3.39. The van der Waals surface area contributed by atoms with Crippen LogP contribution in [0.5, 0.6) is 0 Å². The molecule has 118 valence electrons. The summed E-state index contributed by atoms with van der Waals surface area (Å²) in [6.07, 6.45) is 2.98. The van der Waals surface area contributed by atoms with Crippen molar-refractivity contribution in [3.8, 4) is 0 Å². The van der Waals surface area contributed by atoms with E-state index in [1.807, 2.05) is 6.26 Å². The first kappa shape index (κ1) is 16.7. The van der Waals surface area contributed by atoms with E-state index in [4.69, 9.17) is 0 Å². The number of nitrogens with zero attached hydrogens (tertiary/aromatic N) is 3. The number of piperidine rings is 1. The number of rotatable bonds is 5. The van der Waals surface area contributed by atoms with Crippen LogP contribution in [-0.2, 0) is 14.8 Å². The average molecular weight is 350 g/mol. The summed E-state index contributed by atoms with van der Waals surface area (Å²) in [5.74, 6) is -0.172. The van der Waals surface area contributed by atoms with Crippen molar-refractivity contribution in [2.75, 3.05) is 30.4 Å². The lowest BCUT2D eigenvalue weighted by atomic mass is 9.97. The van der Waals surface area contributed by atoms with Crippen molar-refractivity contribution < 1.29 is 13.2 Å². The van der Waals surface area contributed by atoms with E-state index in [1.54, 1.807) is 6.92 Å². The van der Waals surface area contributed by atoms with Crippen molar-refractivity contribution >= 4 is 44.2 Å². The summed E-state index contributed by atoms with van der Waals surface area (Å²) in [7, 11) is -3.15. The average Bonchev–Trinajstić information content (AvgIpc) is 2.95. The van der Waals surface area contributed by atoms with E-state index in [0.29, 0.717) is 31.1 Å². The quantitative estimate of drug-likeness (QED) is 0.635. The van der Waals surface area contributed by atoms with Crippen molar-refractivity contribution in [3.05, 3.63) is 0 Å². The Bertz CT molecular complexity index is 594. The Morgan fingerprint density at radius 2 is 2.10 bits per heavy atom. The molecule has 1 aromatic heterocycles. The fourth-order valence-electron chi connectivity index (χ4n) is 2.13. The topological polar surface area (TPSA) is 92.3 Å². The number of thioether (sulfide) groups is 1. The number of anilines is 1. The van der Waals surface area contributed by atoms with Gasteiger partial charge >= 0.3 is 0 Å². The third-order valence-corrected chi connectivity index (χ3v) is 7.09. The molecular formula is C11H18N4O3S3. The van der Waals surface area contributed by atoms with Gasteiger partial charge in [0.25, 0.3) is 0 Å². The highest BCUT2D eigenvalue weighted by atomic mass is 32.2. The molecule has 0 unspecified atom stereocenters. The predicted octanol–water partition coefficient (Wildman–Crippen LogP) is 1.26. The maximum atomic E-state index is 12.1. The van der Waals surface area contributed by atoms with Crippen LogP contribution in [0.1, 0.15) is 19.8 Å². The SMILES string of the molecule is CCS(=O)(=O)N1CCC(C(=O)Nc2nnc(SC)s2)CC1. The second-order valence-electron chi connectivity index (χ2n) is 4.64. The summed E-state index contributed by atoms with van der Waals surface area (Å²) in [6, 6.07) is 0. The number of amides is 1. The summed E-state index contributed by atoms with van der Waals surface area (Å²) in [6.45, 7) is 2.44. The van der Waals surface area contributed by atoms with Gasteiger partial charge in [0, 0.05) is 19.0 Å². The van der Waals surface area contributed by atoms with Crippen LogP contribution < -0.4 is 5.32 Å². The summed E-state index contributed by atoms with van der Waals surface area (Å²) in [5.41, 5.74) is 0.